The number of aliphatic imine (C=N–C) groups is 1. The Hall–Kier alpha value is -1.04. The summed E-state index contributed by atoms with van der Waals surface area (Å²) in [4.78, 5) is 20.5. The number of hydrogen-bond donors (Lipinski definition) is 0. The molecule has 0 amide bonds. The van der Waals surface area contributed by atoms with Gasteiger partial charge in [0.05, 0.1) is 6.54 Å². The molecule has 0 aromatic heterocycles. The molecule has 0 saturated carbocycles. The number of allylic oxidation sites excluding steroid dienone is 1. The largest absolute Gasteiger partial charge is 0.351 e. The van der Waals surface area contributed by atoms with E-state index in [4.69, 9.17) is 4.74 Å². The van der Waals surface area contributed by atoms with Crippen molar-refractivity contribution in [2.45, 2.75) is 46.6 Å². The van der Waals surface area contributed by atoms with Gasteiger partial charge in [-0.3, -0.25) is 19.6 Å². The Morgan fingerprint density at radius 2 is 2.17 bits per heavy atom. The number of Topliss-reactive ketones (excluding diaryl/α,β-unsaturated/α-hetero) is 1. The molecule has 1 unspecified atom stereocenters. The highest BCUT2D eigenvalue weighted by atomic mass is 16.5. The smallest absolute Gasteiger partial charge is 0.131 e. The summed E-state index contributed by atoms with van der Waals surface area (Å²) in [5.74, 6) is 0.676. The number of hydrogen-bond acceptors (Lipinski definition) is 5. The number of ether oxygens (including phenoxy) is 1. The van der Waals surface area contributed by atoms with Gasteiger partial charge in [-0.2, -0.15) is 0 Å². The van der Waals surface area contributed by atoms with E-state index < -0.39 is 0 Å². The Kier molecular flexibility index (Phi) is 8.81. The molecule has 1 aliphatic rings. The Labute approximate surface area is 147 Å². The molecular weight excluding hydrogens is 302 g/mol. The number of nitrogens with zero attached hydrogens (tertiary/aromatic N) is 3. The van der Waals surface area contributed by atoms with E-state index in [9.17, 15) is 4.79 Å². The van der Waals surface area contributed by atoms with Crippen LogP contribution >= 0.6 is 0 Å². The average Bonchev–Trinajstić information content (AvgIpc) is 2.47. The molecule has 0 radical (unpaired) electrons. The highest BCUT2D eigenvalue weighted by Crippen LogP contribution is 2.32. The van der Waals surface area contributed by atoms with Crippen LogP contribution in [0.3, 0.4) is 0 Å². The summed E-state index contributed by atoms with van der Waals surface area (Å²) in [5.41, 5.74) is 0.0192. The molecule has 5 heteroatoms. The van der Waals surface area contributed by atoms with Crippen molar-refractivity contribution in [3.8, 4) is 0 Å². The van der Waals surface area contributed by atoms with Crippen LogP contribution in [0.2, 0.25) is 0 Å². The topological polar surface area (TPSA) is 45.1 Å². The molecular formula is C19H35N3O2. The molecule has 1 fully saturated rings. The number of likely N-dealkylation sites (N-methyl/N-ethyl adjacent to an activating group) is 1. The third-order valence-corrected chi connectivity index (χ3v) is 4.56. The summed E-state index contributed by atoms with van der Waals surface area (Å²) in [6, 6.07) is 0.269. The molecule has 0 bridgehead atoms. The van der Waals surface area contributed by atoms with E-state index in [1.54, 1.807) is 6.92 Å². The normalized spacial score (nSPS) is 27.3. The molecule has 0 aliphatic carbocycles. The molecule has 0 aromatic rings. The number of ketones is 1. The van der Waals surface area contributed by atoms with E-state index in [0.29, 0.717) is 25.8 Å². The summed E-state index contributed by atoms with van der Waals surface area (Å²) in [7, 11) is 2.10. The Morgan fingerprint density at radius 1 is 1.46 bits per heavy atom. The third-order valence-electron chi connectivity index (χ3n) is 4.56. The lowest BCUT2D eigenvalue weighted by Crippen LogP contribution is -2.55. The number of carbonyl (C=O) groups excluding carboxylic acids is 1. The van der Waals surface area contributed by atoms with Crippen molar-refractivity contribution in [1.29, 1.82) is 0 Å². The minimum Gasteiger partial charge on any atom is -0.351 e. The lowest BCUT2D eigenvalue weighted by molar-refractivity contribution is -0.120. The lowest BCUT2D eigenvalue weighted by Gasteiger charge is -2.46. The van der Waals surface area contributed by atoms with E-state index in [1.807, 2.05) is 12.3 Å². The van der Waals surface area contributed by atoms with Crippen LogP contribution in [0.4, 0.5) is 0 Å². The fourth-order valence-corrected chi connectivity index (χ4v) is 3.32. The van der Waals surface area contributed by atoms with Crippen LogP contribution in [0.5, 0.6) is 0 Å². The maximum Gasteiger partial charge on any atom is 0.131 e. The summed E-state index contributed by atoms with van der Waals surface area (Å²) in [6.45, 7) is 15.7. The first-order valence-corrected chi connectivity index (χ1v) is 8.89. The molecule has 2 atom stereocenters. The second-order valence-corrected chi connectivity index (χ2v) is 7.64. The fraction of sp³-hybridized carbons (Fsp3) is 0.789. The molecule has 5 nitrogen and oxygen atoms in total. The Bertz CT molecular complexity index is 436. The molecule has 1 saturated heterocycles. The molecule has 0 N–H and O–H groups in total. The van der Waals surface area contributed by atoms with Crippen LogP contribution in [-0.4, -0.2) is 68.0 Å². The van der Waals surface area contributed by atoms with Crippen molar-refractivity contribution >= 4 is 12.0 Å². The first-order chi connectivity index (χ1) is 11.3. The zero-order valence-corrected chi connectivity index (χ0v) is 16.1. The van der Waals surface area contributed by atoms with Gasteiger partial charge in [0.2, 0.25) is 0 Å². The second kappa shape index (κ2) is 10.1. The molecule has 138 valence electrons. The predicted octanol–water partition coefficient (Wildman–Crippen LogP) is 2.82. The highest BCUT2D eigenvalue weighted by Gasteiger charge is 2.38. The lowest BCUT2D eigenvalue weighted by atomic mass is 9.77. The van der Waals surface area contributed by atoms with Gasteiger partial charge in [0.15, 0.2) is 0 Å². The number of rotatable bonds is 8. The SMILES string of the molecule is C=CC[C@@]1(C)CN(CCC(C)=O)COCN(C)C1C/N=C\C(C)C. The van der Waals surface area contributed by atoms with Gasteiger partial charge < -0.3 is 4.74 Å². The Morgan fingerprint density at radius 3 is 2.75 bits per heavy atom. The maximum absolute atomic E-state index is 11.3. The minimum atomic E-state index is 0.0192. The zero-order valence-electron chi connectivity index (χ0n) is 16.1. The van der Waals surface area contributed by atoms with Gasteiger partial charge in [-0.15, -0.1) is 6.58 Å². The maximum atomic E-state index is 11.3. The molecule has 0 spiro atoms. The summed E-state index contributed by atoms with van der Waals surface area (Å²) >= 11 is 0. The van der Waals surface area contributed by atoms with Crippen LogP contribution in [0.15, 0.2) is 17.6 Å². The quantitative estimate of drug-likeness (QED) is 0.505. The van der Waals surface area contributed by atoms with Gasteiger partial charge >= 0.3 is 0 Å². The van der Waals surface area contributed by atoms with Gasteiger partial charge in [0, 0.05) is 37.2 Å². The fourth-order valence-electron chi connectivity index (χ4n) is 3.32. The summed E-state index contributed by atoms with van der Waals surface area (Å²) in [6.07, 6.45) is 5.50. The zero-order chi connectivity index (χ0) is 18.2. The van der Waals surface area contributed by atoms with Crippen molar-refractivity contribution < 1.29 is 9.53 Å². The van der Waals surface area contributed by atoms with E-state index in [0.717, 1.165) is 26.1 Å². The van der Waals surface area contributed by atoms with E-state index in [-0.39, 0.29) is 17.2 Å². The monoisotopic (exact) mass is 337 g/mol. The second-order valence-electron chi connectivity index (χ2n) is 7.64. The van der Waals surface area contributed by atoms with Crippen molar-refractivity contribution in [1.82, 2.24) is 9.80 Å². The van der Waals surface area contributed by atoms with Crippen molar-refractivity contribution in [2.75, 3.05) is 40.1 Å². The summed E-state index contributed by atoms with van der Waals surface area (Å²) < 4.78 is 5.82. The minimum absolute atomic E-state index is 0.0192. The van der Waals surface area contributed by atoms with Gasteiger partial charge in [0.25, 0.3) is 0 Å². The van der Waals surface area contributed by atoms with E-state index >= 15 is 0 Å². The van der Waals surface area contributed by atoms with Crippen LogP contribution in [0.25, 0.3) is 0 Å². The molecule has 0 aromatic carbocycles. The van der Waals surface area contributed by atoms with Crippen molar-refractivity contribution in [3.05, 3.63) is 12.7 Å². The van der Waals surface area contributed by atoms with Crippen molar-refractivity contribution in [2.24, 2.45) is 16.3 Å². The first-order valence-electron chi connectivity index (χ1n) is 8.89. The van der Waals surface area contributed by atoms with Gasteiger partial charge in [-0.05, 0) is 26.3 Å². The van der Waals surface area contributed by atoms with Gasteiger partial charge in [-0.25, -0.2) is 0 Å². The first kappa shape index (κ1) is 21.0. The van der Waals surface area contributed by atoms with Crippen LogP contribution < -0.4 is 0 Å². The predicted molar refractivity (Wildman–Crippen MR) is 100 cm³/mol. The average molecular weight is 338 g/mol. The van der Waals surface area contributed by atoms with E-state index in [1.165, 1.54) is 0 Å². The highest BCUT2D eigenvalue weighted by molar-refractivity contribution is 5.75. The van der Waals surface area contributed by atoms with Crippen LogP contribution in [0, 0.1) is 11.3 Å². The van der Waals surface area contributed by atoms with Crippen LogP contribution in [0.1, 0.15) is 40.5 Å². The molecule has 1 rings (SSSR count). The standard InChI is InChI=1S/C19H35N3O2/c1-7-9-19(5)13-22(10-8-17(4)23)15-24-14-21(6)18(19)12-20-11-16(2)3/h7,11,16,18H,1,8-10,12-15H2,2-6H3/b20-11-/t18?,19-/m0/s1. The number of carbonyl (C=O) groups is 1. The summed E-state index contributed by atoms with van der Waals surface area (Å²) in [5, 5.41) is 0. The van der Waals surface area contributed by atoms with Crippen LogP contribution in [-0.2, 0) is 9.53 Å². The van der Waals surface area contributed by atoms with Gasteiger partial charge in [-0.1, -0.05) is 26.8 Å². The Balaban J connectivity index is 2.93. The van der Waals surface area contributed by atoms with Gasteiger partial charge in [0.1, 0.15) is 19.2 Å². The van der Waals surface area contributed by atoms with Crippen molar-refractivity contribution in [3.63, 3.8) is 0 Å². The van der Waals surface area contributed by atoms with E-state index in [2.05, 4.69) is 49.2 Å². The molecule has 24 heavy (non-hydrogen) atoms. The molecule has 1 heterocycles. The molecule has 1 aliphatic heterocycles. The third kappa shape index (κ3) is 6.83.